The summed E-state index contributed by atoms with van der Waals surface area (Å²) in [5, 5.41) is 0. The van der Waals surface area contributed by atoms with Crippen LogP contribution >= 0.6 is 15.9 Å². The molecule has 1 nitrogen and oxygen atoms in total. The summed E-state index contributed by atoms with van der Waals surface area (Å²) in [4.78, 5) is 0. The van der Waals surface area contributed by atoms with Crippen LogP contribution in [0.1, 0.15) is 16.7 Å². The summed E-state index contributed by atoms with van der Waals surface area (Å²) < 4.78 is 13.8. The van der Waals surface area contributed by atoms with Crippen LogP contribution in [-0.2, 0) is 6.42 Å². The Morgan fingerprint density at radius 1 is 1.46 bits per heavy atom. The molecule has 0 bridgehead atoms. The van der Waals surface area contributed by atoms with Gasteiger partial charge in [0.05, 0.1) is 4.47 Å². The lowest BCUT2D eigenvalue weighted by molar-refractivity contribution is 0.615. The van der Waals surface area contributed by atoms with E-state index in [9.17, 15) is 4.39 Å². The number of hydrogen-bond donors (Lipinski definition) is 1. The SMILES string of the molecule is Cc1cc(F)c(Br)c(CCN)c1C. The molecular formula is C10H13BrFN. The van der Waals surface area contributed by atoms with E-state index in [4.69, 9.17) is 5.73 Å². The Labute approximate surface area is 86.3 Å². The van der Waals surface area contributed by atoms with E-state index in [1.54, 1.807) is 6.07 Å². The van der Waals surface area contributed by atoms with Crippen LogP contribution in [0.4, 0.5) is 4.39 Å². The van der Waals surface area contributed by atoms with E-state index in [2.05, 4.69) is 15.9 Å². The summed E-state index contributed by atoms with van der Waals surface area (Å²) in [6.07, 6.45) is 0.713. The molecule has 0 aliphatic rings. The van der Waals surface area contributed by atoms with Crippen LogP contribution < -0.4 is 5.73 Å². The van der Waals surface area contributed by atoms with Crippen molar-refractivity contribution in [1.29, 1.82) is 0 Å². The molecule has 1 aromatic carbocycles. The van der Waals surface area contributed by atoms with Gasteiger partial charge in [-0.15, -0.1) is 0 Å². The van der Waals surface area contributed by atoms with Gasteiger partial charge in [0.15, 0.2) is 0 Å². The Kier molecular flexibility index (Phi) is 3.45. The highest BCUT2D eigenvalue weighted by Gasteiger charge is 2.10. The normalized spacial score (nSPS) is 10.5. The van der Waals surface area contributed by atoms with Gasteiger partial charge in [-0.25, -0.2) is 4.39 Å². The quantitative estimate of drug-likeness (QED) is 0.853. The molecule has 0 amide bonds. The smallest absolute Gasteiger partial charge is 0.137 e. The Morgan fingerprint density at radius 3 is 2.62 bits per heavy atom. The first-order valence-electron chi connectivity index (χ1n) is 4.22. The lowest BCUT2D eigenvalue weighted by Crippen LogP contribution is -2.06. The predicted molar refractivity (Wildman–Crippen MR) is 56.3 cm³/mol. The molecule has 0 aliphatic heterocycles. The molecule has 0 fully saturated rings. The molecule has 0 saturated carbocycles. The summed E-state index contributed by atoms with van der Waals surface area (Å²) in [5.41, 5.74) is 8.54. The first-order valence-corrected chi connectivity index (χ1v) is 5.01. The third kappa shape index (κ3) is 2.09. The van der Waals surface area contributed by atoms with Crippen LogP contribution in [0.25, 0.3) is 0 Å². The molecule has 1 aromatic rings. The zero-order valence-corrected chi connectivity index (χ0v) is 9.41. The van der Waals surface area contributed by atoms with Gasteiger partial charge in [0.1, 0.15) is 5.82 Å². The van der Waals surface area contributed by atoms with Gasteiger partial charge in [0.25, 0.3) is 0 Å². The molecule has 0 aliphatic carbocycles. The maximum atomic E-state index is 13.3. The van der Waals surface area contributed by atoms with Gasteiger partial charge in [0, 0.05) is 0 Å². The van der Waals surface area contributed by atoms with Gasteiger partial charge in [-0.1, -0.05) is 0 Å². The minimum atomic E-state index is -0.202. The van der Waals surface area contributed by atoms with Crippen molar-refractivity contribution in [2.45, 2.75) is 20.3 Å². The number of nitrogens with two attached hydrogens (primary N) is 1. The van der Waals surface area contributed by atoms with Crippen molar-refractivity contribution in [3.8, 4) is 0 Å². The van der Waals surface area contributed by atoms with Crippen molar-refractivity contribution in [1.82, 2.24) is 0 Å². The van der Waals surface area contributed by atoms with Crippen molar-refractivity contribution < 1.29 is 4.39 Å². The Hall–Kier alpha value is -0.410. The van der Waals surface area contributed by atoms with Crippen molar-refractivity contribution in [3.63, 3.8) is 0 Å². The monoisotopic (exact) mass is 245 g/mol. The highest BCUT2D eigenvalue weighted by Crippen LogP contribution is 2.26. The Bertz CT molecular complexity index is 297. The third-order valence-corrected chi connectivity index (χ3v) is 3.11. The number of aryl methyl sites for hydroxylation is 1. The highest BCUT2D eigenvalue weighted by atomic mass is 79.9. The lowest BCUT2D eigenvalue weighted by atomic mass is 10.0. The van der Waals surface area contributed by atoms with E-state index in [0.29, 0.717) is 17.4 Å². The molecular weight excluding hydrogens is 233 g/mol. The maximum Gasteiger partial charge on any atom is 0.137 e. The van der Waals surface area contributed by atoms with Crippen LogP contribution in [-0.4, -0.2) is 6.54 Å². The average molecular weight is 246 g/mol. The summed E-state index contributed by atoms with van der Waals surface area (Å²) in [5.74, 6) is -0.202. The maximum absolute atomic E-state index is 13.3. The minimum Gasteiger partial charge on any atom is -0.330 e. The van der Waals surface area contributed by atoms with Crippen molar-refractivity contribution in [2.75, 3.05) is 6.54 Å². The van der Waals surface area contributed by atoms with E-state index in [-0.39, 0.29) is 5.82 Å². The fraction of sp³-hybridized carbons (Fsp3) is 0.400. The molecule has 0 unspecified atom stereocenters. The summed E-state index contributed by atoms with van der Waals surface area (Å²) in [6.45, 7) is 4.44. The number of hydrogen-bond acceptors (Lipinski definition) is 1. The summed E-state index contributed by atoms with van der Waals surface area (Å²) in [7, 11) is 0. The standard InChI is InChI=1S/C10H13BrFN/c1-6-5-9(12)10(11)8(3-4-13)7(6)2/h5H,3-4,13H2,1-2H3. The third-order valence-electron chi connectivity index (χ3n) is 2.26. The molecule has 0 spiro atoms. The zero-order chi connectivity index (χ0) is 10.0. The highest BCUT2D eigenvalue weighted by molar-refractivity contribution is 9.10. The van der Waals surface area contributed by atoms with Crippen LogP contribution in [0.2, 0.25) is 0 Å². The van der Waals surface area contributed by atoms with E-state index in [1.807, 2.05) is 13.8 Å². The summed E-state index contributed by atoms with van der Waals surface area (Å²) in [6, 6.07) is 1.54. The predicted octanol–water partition coefficient (Wildman–Crippen LogP) is 2.71. The number of halogens is 2. The van der Waals surface area contributed by atoms with Gasteiger partial charge in [-0.2, -0.15) is 0 Å². The van der Waals surface area contributed by atoms with Gasteiger partial charge in [-0.05, 0) is 65.5 Å². The second-order valence-electron chi connectivity index (χ2n) is 3.13. The van der Waals surface area contributed by atoms with E-state index >= 15 is 0 Å². The van der Waals surface area contributed by atoms with E-state index in [1.165, 1.54) is 0 Å². The minimum absolute atomic E-state index is 0.202. The molecule has 13 heavy (non-hydrogen) atoms. The second kappa shape index (κ2) is 4.20. The Morgan fingerprint density at radius 2 is 2.08 bits per heavy atom. The molecule has 0 atom stereocenters. The molecule has 0 aromatic heterocycles. The largest absolute Gasteiger partial charge is 0.330 e. The number of benzene rings is 1. The van der Waals surface area contributed by atoms with Crippen LogP contribution in [0.3, 0.4) is 0 Å². The van der Waals surface area contributed by atoms with E-state index in [0.717, 1.165) is 16.7 Å². The van der Waals surface area contributed by atoms with Gasteiger partial charge in [0.2, 0.25) is 0 Å². The number of rotatable bonds is 2. The summed E-state index contributed by atoms with van der Waals surface area (Å²) >= 11 is 3.24. The van der Waals surface area contributed by atoms with Gasteiger partial charge >= 0.3 is 0 Å². The molecule has 1 rings (SSSR count). The molecule has 3 heteroatoms. The fourth-order valence-corrected chi connectivity index (χ4v) is 1.96. The van der Waals surface area contributed by atoms with Crippen LogP contribution in [0.5, 0.6) is 0 Å². The van der Waals surface area contributed by atoms with Crippen LogP contribution in [0, 0.1) is 19.7 Å². The average Bonchev–Trinajstić information content (AvgIpc) is 2.09. The van der Waals surface area contributed by atoms with Crippen LogP contribution in [0.15, 0.2) is 10.5 Å². The molecule has 72 valence electrons. The Balaban J connectivity index is 3.28. The van der Waals surface area contributed by atoms with Crippen molar-refractivity contribution in [2.24, 2.45) is 5.73 Å². The zero-order valence-electron chi connectivity index (χ0n) is 7.82. The molecule has 0 saturated heterocycles. The van der Waals surface area contributed by atoms with Crippen molar-refractivity contribution >= 4 is 15.9 Å². The second-order valence-corrected chi connectivity index (χ2v) is 3.92. The first-order chi connectivity index (χ1) is 6.07. The topological polar surface area (TPSA) is 26.0 Å². The van der Waals surface area contributed by atoms with Gasteiger partial charge < -0.3 is 5.73 Å². The van der Waals surface area contributed by atoms with Crippen molar-refractivity contribution in [3.05, 3.63) is 33.0 Å². The molecule has 0 heterocycles. The van der Waals surface area contributed by atoms with Gasteiger partial charge in [-0.3, -0.25) is 0 Å². The van der Waals surface area contributed by atoms with E-state index < -0.39 is 0 Å². The first kappa shape index (κ1) is 10.7. The fourth-order valence-electron chi connectivity index (χ4n) is 1.35. The lowest BCUT2D eigenvalue weighted by Gasteiger charge is -2.11. The molecule has 0 radical (unpaired) electrons. The molecule has 2 N–H and O–H groups in total.